The van der Waals surface area contributed by atoms with Crippen molar-refractivity contribution in [2.75, 3.05) is 6.67 Å². The molecule has 0 aromatic heterocycles. The molecule has 0 amide bonds. The van der Waals surface area contributed by atoms with E-state index >= 15 is 0 Å². The number of benzene rings is 2. The summed E-state index contributed by atoms with van der Waals surface area (Å²) in [6.45, 7) is 2.69. The molecule has 3 aliphatic rings. The quantitative estimate of drug-likeness (QED) is 0.633. The molecule has 0 radical (unpaired) electrons. The molecule has 5 rings (SSSR count). The standard InChI is InChI=1S/C27H28N2/c1-2-18-8-5-12-20(18)22-10-3-4-11-24(22)27(29-17-28)25-15-7-14-23-21-13-6-9-19(21)16-26(23)25/h3-4,6-12,14-15,27,29H,2,5,13,16-17,28H2,1H3. The average Bonchev–Trinajstić information content (AvgIpc) is 3.47. The van der Waals surface area contributed by atoms with Gasteiger partial charge in [-0.25, -0.2) is 0 Å². The fourth-order valence-corrected chi connectivity index (χ4v) is 5.22. The molecule has 2 aromatic rings. The highest BCUT2D eigenvalue weighted by Crippen LogP contribution is 2.44. The molecule has 2 nitrogen and oxygen atoms in total. The molecule has 0 saturated heterocycles. The van der Waals surface area contributed by atoms with Crippen LogP contribution < -0.4 is 11.1 Å². The lowest BCUT2D eigenvalue weighted by Crippen LogP contribution is -2.29. The second-order valence-electron chi connectivity index (χ2n) is 8.03. The number of hydrogen-bond donors (Lipinski definition) is 2. The number of fused-ring (bicyclic) bond motifs is 2. The minimum atomic E-state index is 0.0924. The predicted octanol–water partition coefficient (Wildman–Crippen LogP) is 5.67. The Morgan fingerprint density at radius 2 is 1.83 bits per heavy atom. The van der Waals surface area contributed by atoms with E-state index in [0.29, 0.717) is 6.67 Å². The Hall–Kier alpha value is -2.68. The first-order valence-corrected chi connectivity index (χ1v) is 10.7. The molecule has 1 atom stereocenters. The van der Waals surface area contributed by atoms with E-state index in [1.807, 2.05) is 0 Å². The molecule has 3 aliphatic carbocycles. The molecular weight excluding hydrogens is 352 g/mol. The molecule has 146 valence electrons. The smallest absolute Gasteiger partial charge is 0.0595 e. The maximum Gasteiger partial charge on any atom is 0.0595 e. The van der Waals surface area contributed by atoms with Gasteiger partial charge in [0.2, 0.25) is 0 Å². The summed E-state index contributed by atoms with van der Waals surface area (Å²) in [6, 6.07) is 15.7. The van der Waals surface area contributed by atoms with Crippen molar-refractivity contribution >= 4 is 11.1 Å². The minimum Gasteiger partial charge on any atom is -0.318 e. The fraction of sp³-hybridized carbons (Fsp3) is 0.259. The van der Waals surface area contributed by atoms with Crippen molar-refractivity contribution in [2.24, 2.45) is 5.73 Å². The van der Waals surface area contributed by atoms with Crippen molar-refractivity contribution in [2.45, 2.75) is 38.6 Å². The predicted molar refractivity (Wildman–Crippen MR) is 122 cm³/mol. The van der Waals surface area contributed by atoms with Crippen LogP contribution in [0.15, 0.2) is 77.9 Å². The first-order chi connectivity index (χ1) is 14.3. The van der Waals surface area contributed by atoms with Gasteiger partial charge in [0.1, 0.15) is 0 Å². The molecule has 29 heavy (non-hydrogen) atoms. The molecule has 1 unspecified atom stereocenters. The van der Waals surface area contributed by atoms with E-state index in [1.54, 1.807) is 0 Å². The van der Waals surface area contributed by atoms with E-state index in [4.69, 9.17) is 5.73 Å². The average molecular weight is 381 g/mol. The summed E-state index contributed by atoms with van der Waals surface area (Å²) < 4.78 is 0. The molecule has 0 bridgehead atoms. The number of nitrogens with one attached hydrogen (secondary N) is 1. The number of rotatable bonds is 6. The van der Waals surface area contributed by atoms with Crippen molar-refractivity contribution in [3.63, 3.8) is 0 Å². The van der Waals surface area contributed by atoms with E-state index in [9.17, 15) is 0 Å². The van der Waals surface area contributed by atoms with Crippen LogP contribution >= 0.6 is 0 Å². The van der Waals surface area contributed by atoms with Crippen molar-refractivity contribution in [3.8, 4) is 0 Å². The molecular formula is C27H28N2. The number of hydrogen-bond acceptors (Lipinski definition) is 2. The second kappa shape index (κ2) is 7.62. The lowest BCUT2D eigenvalue weighted by molar-refractivity contribution is 0.614. The summed E-state index contributed by atoms with van der Waals surface area (Å²) in [5.41, 5.74) is 18.8. The van der Waals surface area contributed by atoms with Crippen LogP contribution in [0.1, 0.15) is 60.0 Å². The van der Waals surface area contributed by atoms with Gasteiger partial charge in [-0.2, -0.15) is 0 Å². The van der Waals surface area contributed by atoms with Gasteiger partial charge in [0, 0.05) is 6.67 Å². The molecule has 2 heteroatoms. The Bertz CT molecular complexity index is 1080. The van der Waals surface area contributed by atoms with E-state index in [0.717, 1.165) is 25.7 Å². The third kappa shape index (κ3) is 3.04. The Morgan fingerprint density at radius 1 is 1.00 bits per heavy atom. The van der Waals surface area contributed by atoms with Gasteiger partial charge in [0.05, 0.1) is 6.04 Å². The van der Waals surface area contributed by atoms with Crippen molar-refractivity contribution in [1.82, 2.24) is 5.32 Å². The summed E-state index contributed by atoms with van der Waals surface area (Å²) in [5, 5.41) is 3.60. The Morgan fingerprint density at radius 3 is 2.69 bits per heavy atom. The first-order valence-electron chi connectivity index (χ1n) is 10.7. The lowest BCUT2D eigenvalue weighted by Gasteiger charge is -2.25. The van der Waals surface area contributed by atoms with Gasteiger partial charge in [-0.05, 0) is 75.8 Å². The van der Waals surface area contributed by atoms with E-state index < -0.39 is 0 Å². The minimum absolute atomic E-state index is 0.0924. The highest BCUT2D eigenvalue weighted by atomic mass is 15.0. The zero-order valence-corrected chi connectivity index (χ0v) is 17.0. The van der Waals surface area contributed by atoms with Crippen molar-refractivity contribution in [1.29, 1.82) is 0 Å². The normalized spacial score (nSPS) is 18.0. The fourth-order valence-electron chi connectivity index (χ4n) is 5.22. The largest absolute Gasteiger partial charge is 0.318 e. The third-order valence-corrected chi connectivity index (χ3v) is 6.54. The van der Waals surface area contributed by atoms with E-state index in [2.05, 4.69) is 79.0 Å². The maximum atomic E-state index is 6.04. The van der Waals surface area contributed by atoms with Crippen LogP contribution in [0.25, 0.3) is 11.1 Å². The monoisotopic (exact) mass is 380 g/mol. The van der Waals surface area contributed by atoms with Crippen molar-refractivity contribution in [3.05, 3.63) is 106 Å². The van der Waals surface area contributed by atoms with E-state index in [1.165, 1.54) is 50.1 Å². The van der Waals surface area contributed by atoms with Crippen LogP contribution in [-0.4, -0.2) is 6.67 Å². The van der Waals surface area contributed by atoms with Gasteiger partial charge in [-0.1, -0.05) is 73.7 Å². The van der Waals surface area contributed by atoms with Crippen LogP contribution in [0.4, 0.5) is 0 Å². The third-order valence-electron chi connectivity index (χ3n) is 6.54. The van der Waals surface area contributed by atoms with Gasteiger partial charge < -0.3 is 5.73 Å². The molecule has 0 heterocycles. The maximum absolute atomic E-state index is 6.04. The molecule has 0 saturated carbocycles. The summed E-state index contributed by atoms with van der Waals surface area (Å²) in [6.07, 6.45) is 13.5. The summed E-state index contributed by atoms with van der Waals surface area (Å²) in [7, 11) is 0. The highest BCUT2D eigenvalue weighted by Gasteiger charge is 2.28. The number of allylic oxidation sites excluding steroid dienone is 8. The molecule has 2 aromatic carbocycles. The Balaban J connectivity index is 1.62. The molecule has 0 spiro atoms. The first kappa shape index (κ1) is 18.4. The zero-order valence-electron chi connectivity index (χ0n) is 17.0. The van der Waals surface area contributed by atoms with E-state index in [-0.39, 0.29) is 6.04 Å². The zero-order chi connectivity index (χ0) is 19.8. The van der Waals surface area contributed by atoms with Crippen molar-refractivity contribution < 1.29 is 0 Å². The van der Waals surface area contributed by atoms with Gasteiger partial charge in [-0.3, -0.25) is 5.32 Å². The van der Waals surface area contributed by atoms with Gasteiger partial charge in [0.15, 0.2) is 0 Å². The number of nitrogens with two attached hydrogens (primary N) is 1. The van der Waals surface area contributed by atoms with Crippen LogP contribution in [0.5, 0.6) is 0 Å². The summed E-state index contributed by atoms with van der Waals surface area (Å²) >= 11 is 0. The second-order valence-corrected chi connectivity index (χ2v) is 8.03. The molecule has 0 aliphatic heterocycles. The molecule has 3 N–H and O–H groups in total. The summed E-state index contributed by atoms with van der Waals surface area (Å²) in [4.78, 5) is 0. The topological polar surface area (TPSA) is 38.0 Å². The van der Waals surface area contributed by atoms with Gasteiger partial charge in [-0.15, -0.1) is 0 Å². The van der Waals surface area contributed by atoms with Gasteiger partial charge in [0.25, 0.3) is 0 Å². The van der Waals surface area contributed by atoms with Crippen LogP contribution in [0, 0.1) is 0 Å². The van der Waals surface area contributed by atoms with Gasteiger partial charge >= 0.3 is 0 Å². The van der Waals surface area contributed by atoms with Crippen LogP contribution in [-0.2, 0) is 6.42 Å². The highest BCUT2D eigenvalue weighted by molar-refractivity contribution is 5.85. The Labute approximate surface area is 173 Å². The van der Waals surface area contributed by atoms with Crippen LogP contribution in [0.2, 0.25) is 0 Å². The SMILES string of the molecule is CCC1=CCC=C1c1ccccc1C(NCN)c1cccc2c1CC1=C2CC=C1. The summed E-state index contributed by atoms with van der Waals surface area (Å²) in [5.74, 6) is 0. The Kier molecular flexibility index (Phi) is 4.83. The lowest BCUT2D eigenvalue weighted by atomic mass is 9.85. The molecule has 0 fully saturated rings. The van der Waals surface area contributed by atoms with Crippen LogP contribution in [0.3, 0.4) is 0 Å².